The van der Waals surface area contributed by atoms with Crippen molar-refractivity contribution in [3.63, 3.8) is 0 Å². The Morgan fingerprint density at radius 1 is 0.769 bits per heavy atom. The van der Waals surface area contributed by atoms with Crippen LogP contribution in [0.2, 0.25) is 0 Å². The van der Waals surface area contributed by atoms with Gasteiger partial charge in [0.1, 0.15) is 23.9 Å². The van der Waals surface area contributed by atoms with Gasteiger partial charge in [0.25, 0.3) is 0 Å². The average Bonchev–Trinajstić information content (AvgIpc) is 2.87. The van der Waals surface area contributed by atoms with Crippen LogP contribution in [0.25, 0.3) is 0 Å². The van der Waals surface area contributed by atoms with Gasteiger partial charge in [-0.15, -0.1) is 0 Å². The van der Waals surface area contributed by atoms with E-state index in [4.69, 9.17) is 15.9 Å². The number of aromatic hydroxyl groups is 1. The van der Waals surface area contributed by atoms with Gasteiger partial charge in [-0.1, -0.05) is 32.4 Å². The van der Waals surface area contributed by atoms with Crippen molar-refractivity contribution in [2.24, 2.45) is 11.7 Å². The molecule has 3 amide bonds. The number of carboxylic acids is 3. The van der Waals surface area contributed by atoms with Crippen molar-refractivity contribution in [3.05, 3.63) is 29.8 Å². The molecule has 9 N–H and O–H groups in total. The molecule has 14 heteroatoms. The zero-order valence-electron chi connectivity index (χ0n) is 21.8. The third-order valence-electron chi connectivity index (χ3n) is 6.11. The van der Waals surface area contributed by atoms with Crippen LogP contribution in [0, 0.1) is 5.92 Å². The Labute approximate surface area is 225 Å². The molecule has 0 fully saturated rings. The summed E-state index contributed by atoms with van der Waals surface area (Å²) in [5.74, 6) is -6.81. The molecule has 0 saturated carbocycles. The number of aliphatic carboxylic acids is 3. The Morgan fingerprint density at radius 2 is 1.23 bits per heavy atom. The highest BCUT2D eigenvalue weighted by Gasteiger charge is 2.31. The van der Waals surface area contributed by atoms with Crippen LogP contribution in [0.15, 0.2) is 24.3 Å². The second-order valence-corrected chi connectivity index (χ2v) is 9.17. The number of phenols is 1. The van der Waals surface area contributed by atoms with Crippen LogP contribution in [-0.4, -0.2) is 80.2 Å². The van der Waals surface area contributed by atoms with Gasteiger partial charge in [-0.2, -0.15) is 0 Å². The van der Waals surface area contributed by atoms with Gasteiger partial charge in [0.2, 0.25) is 17.7 Å². The zero-order valence-corrected chi connectivity index (χ0v) is 21.8. The minimum Gasteiger partial charge on any atom is -0.508 e. The van der Waals surface area contributed by atoms with E-state index in [1.54, 1.807) is 6.92 Å². The van der Waals surface area contributed by atoms with Crippen molar-refractivity contribution in [1.29, 1.82) is 0 Å². The number of rotatable bonds is 17. The smallest absolute Gasteiger partial charge is 0.326 e. The highest BCUT2D eigenvalue weighted by Crippen LogP contribution is 2.13. The monoisotopic (exact) mass is 552 g/mol. The molecule has 0 aromatic heterocycles. The maximum absolute atomic E-state index is 13.2. The molecule has 0 aliphatic rings. The predicted octanol–water partition coefficient (Wildman–Crippen LogP) is -0.423. The normalized spacial score (nSPS) is 14.6. The summed E-state index contributed by atoms with van der Waals surface area (Å²) >= 11 is 0. The van der Waals surface area contributed by atoms with Gasteiger partial charge in [-0.05, 0) is 36.5 Å². The first-order valence-electron chi connectivity index (χ1n) is 12.4. The first-order valence-corrected chi connectivity index (χ1v) is 12.4. The Hall–Kier alpha value is -4.20. The summed E-state index contributed by atoms with van der Waals surface area (Å²) in [7, 11) is 0. The molecule has 0 heterocycles. The van der Waals surface area contributed by atoms with Gasteiger partial charge in [0, 0.05) is 19.3 Å². The number of hydrogen-bond donors (Lipinski definition) is 8. The van der Waals surface area contributed by atoms with Crippen LogP contribution < -0.4 is 21.7 Å². The number of carboxylic acid groups (broad SMARTS) is 3. The van der Waals surface area contributed by atoms with Crippen molar-refractivity contribution in [2.45, 2.75) is 76.5 Å². The van der Waals surface area contributed by atoms with E-state index in [1.807, 2.05) is 6.92 Å². The molecule has 1 aromatic carbocycles. The number of amides is 3. The topological polar surface area (TPSA) is 245 Å². The van der Waals surface area contributed by atoms with Crippen LogP contribution in [-0.2, 0) is 35.2 Å². The molecular weight excluding hydrogens is 516 g/mol. The number of benzene rings is 1. The van der Waals surface area contributed by atoms with Gasteiger partial charge in [0.15, 0.2) is 0 Å². The van der Waals surface area contributed by atoms with E-state index in [0.29, 0.717) is 12.0 Å². The van der Waals surface area contributed by atoms with Crippen molar-refractivity contribution >= 4 is 35.6 Å². The molecule has 0 spiro atoms. The van der Waals surface area contributed by atoms with E-state index in [1.165, 1.54) is 24.3 Å². The van der Waals surface area contributed by atoms with Crippen LogP contribution in [0.3, 0.4) is 0 Å². The fourth-order valence-corrected chi connectivity index (χ4v) is 3.46. The van der Waals surface area contributed by atoms with Crippen molar-refractivity contribution in [1.82, 2.24) is 16.0 Å². The maximum atomic E-state index is 13.2. The lowest BCUT2D eigenvalue weighted by Crippen LogP contribution is -2.58. The average molecular weight is 553 g/mol. The summed E-state index contributed by atoms with van der Waals surface area (Å²) < 4.78 is 0. The second-order valence-electron chi connectivity index (χ2n) is 9.17. The Morgan fingerprint density at radius 3 is 1.72 bits per heavy atom. The van der Waals surface area contributed by atoms with E-state index < -0.39 is 79.1 Å². The lowest BCUT2D eigenvalue weighted by molar-refractivity contribution is -0.143. The minimum atomic E-state index is -1.57. The van der Waals surface area contributed by atoms with Gasteiger partial charge < -0.3 is 42.1 Å². The van der Waals surface area contributed by atoms with Gasteiger partial charge in [-0.25, -0.2) is 4.79 Å². The third-order valence-corrected chi connectivity index (χ3v) is 6.11. The molecule has 14 nitrogen and oxygen atoms in total. The molecule has 0 aliphatic heterocycles. The van der Waals surface area contributed by atoms with E-state index in [-0.39, 0.29) is 24.5 Å². The first-order chi connectivity index (χ1) is 18.2. The molecule has 0 aliphatic carbocycles. The Kier molecular flexibility index (Phi) is 13.4. The SMILES string of the molecule is CCC(C)C(N)C(=O)NC(CCC(=O)O)C(=O)NC(Cc1ccc(O)cc1)C(=O)NC(CCC(=O)O)C(=O)O. The molecule has 0 bridgehead atoms. The van der Waals surface area contributed by atoms with E-state index >= 15 is 0 Å². The van der Waals surface area contributed by atoms with E-state index in [9.17, 15) is 39.0 Å². The fourth-order valence-electron chi connectivity index (χ4n) is 3.46. The molecule has 5 unspecified atom stereocenters. The summed E-state index contributed by atoms with van der Waals surface area (Å²) in [6.45, 7) is 3.55. The van der Waals surface area contributed by atoms with Crippen LogP contribution in [0.4, 0.5) is 0 Å². The number of nitrogens with two attached hydrogens (primary N) is 1. The molecule has 0 radical (unpaired) electrons. The fraction of sp³-hybridized carbons (Fsp3) is 0.520. The molecule has 5 atom stereocenters. The van der Waals surface area contributed by atoms with Crippen LogP contribution >= 0.6 is 0 Å². The Balaban J connectivity index is 3.20. The van der Waals surface area contributed by atoms with Gasteiger partial charge >= 0.3 is 17.9 Å². The number of carbonyl (C=O) groups excluding carboxylic acids is 3. The summed E-state index contributed by atoms with van der Waals surface area (Å²) in [5, 5.41) is 44.0. The molecule has 1 aromatic rings. The molecular formula is C25H36N4O10. The summed E-state index contributed by atoms with van der Waals surface area (Å²) in [6, 6.07) is 0.296. The number of phenolic OH excluding ortho intramolecular Hbond substituents is 1. The van der Waals surface area contributed by atoms with Crippen LogP contribution in [0.5, 0.6) is 5.75 Å². The zero-order chi connectivity index (χ0) is 29.7. The molecule has 216 valence electrons. The summed E-state index contributed by atoms with van der Waals surface area (Å²) in [6.07, 6.45) is -1.35. The lowest BCUT2D eigenvalue weighted by Gasteiger charge is -2.26. The molecule has 39 heavy (non-hydrogen) atoms. The number of nitrogens with one attached hydrogen (secondary N) is 3. The van der Waals surface area contributed by atoms with Crippen molar-refractivity contribution in [2.75, 3.05) is 0 Å². The van der Waals surface area contributed by atoms with E-state index in [2.05, 4.69) is 16.0 Å². The maximum Gasteiger partial charge on any atom is 0.326 e. The Bertz CT molecular complexity index is 1030. The molecule has 1 rings (SSSR count). The van der Waals surface area contributed by atoms with Crippen LogP contribution in [0.1, 0.15) is 51.5 Å². The highest BCUT2D eigenvalue weighted by atomic mass is 16.4. The third kappa shape index (κ3) is 11.8. The molecule has 0 saturated heterocycles. The number of carbonyl (C=O) groups is 6. The summed E-state index contributed by atoms with van der Waals surface area (Å²) in [5.41, 5.74) is 6.40. The number of hydrogen-bond acceptors (Lipinski definition) is 8. The predicted molar refractivity (Wildman–Crippen MR) is 136 cm³/mol. The van der Waals surface area contributed by atoms with E-state index in [0.717, 1.165) is 0 Å². The summed E-state index contributed by atoms with van der Waals surface area (Å²) in [4.78, 5) is 72.4. The van der Waals surface area contributed by atoms with Gasteiger partial charge in [-0.3, -0.25) is 24.0 Å². The largest absolute Gasteiger partial charge is 0.508 e. The quantitative estimate of drug-likeness (QED) is 0.123. The van der Waals surface area contributed by atoms with Gasteiger partial charge in [0.05, 0.1) is 6.04 Å². The van der Waals surface area contributed by atoms with Crippen molar-refractivity contribution < 1.29 is 49.2 Å². The first kappa shape index (κ1) is 32.8. The minimum absolute atomic E-state index is 0.0579. The standard InChI is InChI=1S/C25H36N4O10/c1-3-13(2)21(26)24(37)27-16(8-10-19(31)32)22(35)29-18(12-14-4-6-15(30)7-5-14)23(36)28-17(25(38)39)9-11-20(33)34/h4-7,13,16-18,21,30H,3,8-12,26H2,1-2H3,(H,27,37)(H,28,36)(H,29,35)(H,31,32)(H,33,34)(H,38,39). The van der Waals surface area contributed by atoms with Crippen molar-refractivity contribution in [3.8, 4) is 5.75 Å². The lowest BCUT2D eigenvalue weighted by atomic mass is 9.98. The highest BCUT2D eigenvalue weighted by molar-refractivity contribution is 5.94. The second kappa shape index (κ2) is 15.9.